The molecule has 112 valence electrons. The molecule has 0 saturated heterocycles. The Morgan fingerprint density at radius 2 is 1.90 bits per heavy atom. The van der Waals surface area contributed by atoms with Crippen LogP contribution in [0.2, 0.25) is 0 Å². The number of nitrogens with one attached hydrogen (secondary N) is 1. The van der Waals surface area contributed by atoms with Crippen LogP contribution in [-0.4, -0.2) is 31.4 Å². The van der Waals surface area contributed by atoms with Crippen LogP contribution < -0.4 is 5.32 Å². The lowest BCUT2D eigenvalue weighted by atomic mass is 10.1. The second kappa shape index (κ2) is 6.26. The van der Waals surface area contributed by atoms with Gasteiger partial charge in [0.05, 0.1) is 5.25 Å². The summed E-state index contributed by atoms with van der Waals surface area (Å²) in [6, 6.07) is 4.13. The summed E-state index contributed by atoms with van der Waals surface area (Å²) in [5, 5.41) is 14.5. The van der Waals surface area contributed by atoms with Crippen LogP contribution in [0.1, 0.15) is 23.6 Å². The van der Waals surface area contributed by atoms with Crippen LogP contribution in [0.5, 0.6) is 0 Å². The quantitative estimate of drug-likeness (QED) is 0.877. The molecule has 0 unspecified atom stereocenters. The molecule has 6 nitrogen and oxygen atoms in total. The van der Waals surface area contributed by atoms with E-state index in [0.29, 0.717) is 5.16 Å². The van der Waals surface area contributed by atoms with Gasteiger partial charge in [0, 0.05) is 12.7 Å². The van der Waals surface area contributed by atoms with Crippen molar-refractivity contribution in [3.8, 4) is 0 Å². The number of anilines is 1. The minimum Gasteiger partial charge on any atom is -0.325 e. The van der Waals surface area contributed by atoms with E-state index in [2.05, 4.69) is 33.0 Å². The van der Waals surface area contributed by atoms with Gasteiger partial charge >= 0.3 is 0 Å². The van der Waals surface area contributed by atoms with Gasteiger partial charge in [-0.1, -0.05) is 29.5 Å². The molecular weight excluding hydrogens is 286 g/mol. The number of amides is 1. The smallest absolute Gasteiger partial charge is 0.237 e. The van der Waals surface area contributed by atoms with Gasteiger partial charge < -0.3 is 5.32 Å². The summed E-state index contributed by atoms with van der Waals surface area (Å²) in [4.78, 5) is 12.3. The molecule has 2 aromatic rings. The second-order valence-electron chi connectivity index (χ2n) is 5.11. The molecule has 2 rings (SSSR count). The molecule has 1 aromatic carbocycles. The highest BCUT2D eigenvalue weighted by Gasteiger charge is 2.19. The van der Waals surface area contributed by atoms with Crippen molar-refractivity contribution < 1.29 is 4.79 Å². The molecule has 1 atom stereocenters. The monoisotopic (exact) mass is 305 g/mol. The van der Waals surface area contributed by atoms with Crippen LogP contribution in [0, 0.1) is 20.8 Å². The molecule has 21 heavy (non-hydrogen) atoms. The van der Waals surface area contributed by atoms with Gasteiger partial charge in [0.15, 0.2) is 0 Å². The van der Waals surface area contributed by atoms with Crippen LogP contribution in [-0.2, 0) is 11.8 Å². The number of carbonyl (C=O) groups excluding carboxylic acids is 1. The Balaban J connectivity index is 2.09. The maximum Gasteiger partial charge on any atom is 0.237 e. The first-order valence-electron chi connectivity index (χ1n) is 6.66. The van der Waals surface area contributed by atoms with Crippen molar-refractivity contribution in [1.82, 2.24) is 20.2 Å². The summed E-state index contributed by atoms with van der Waals surface area (Å²) in [7, 11) is 1.75. The molecule has 1 amide bonds. The maximum absolute atomic E-state index is 12.3. The highest BCUT2D eigenvalue weighted by atomic mass is 32.2. The summed E-state index contributed by atoms with van der Waals surface area (Å²) < 4.78 is 1.55. The lowest BCUT2D eigenvalue weighted by Gasteiger charge is -2.15. The third kappa shape index (κ3) is 3.60. The van der Waals surface area contributed by atoms with Gasteiger partial charge in [-0.15, -0.1) is 5.10 Å². The van der Waals surface area contributed by atoms with Crippen LogP contribution in [0.4, 0.5) is 5.69 Å². The number of thioether (sulfide) groups is 1. The molecule has 0 aliphatic rings. The number of hydrogen-bond donors (Lipinski definition) is 1. The topological polar surface area (TPSA) is 72.7 Å². The van der Waals surface area contributed by atoms with E-state index in [4.69, 9.17) is 0 Å². The molecule has 0 aliphatic heterocycles. The number of tetrazole rings is 1. The predicted molar refractivity (Wildman–Crippen MR) is 83.4 cm³/mol. The number of hydrogen-bond acceptors (Lipinski definition) is 5. The van der Waals surface area contributed by atoms with Crippen LogP contribution in [0.3, 0.4) is 0 Å². The van der Waals surface area contributed by atoms with E-state index in [-0.39, 0.29) is 11.2 Å². The Kier molecular flexibility index (Phi) is 4.62. The molecule has 0 saturated carbocycles. The average molecular weight is 305 g/mol. The molecular formula is C14H19N5OS. The minimum absolute atomic E-state index is 0.0574. The van der Waals surface area contributed by atoms with Crippen LogP contribution in [0.15, 0.2) is 17.3 Å². The number of rotatable bonds is 4. The molecule has 1 aromatic heterocycles. The van der Waals surface area contributed by atoms with Crippen molar-refractivity contribution in [2.45, 2.75) is 38.1 Å². The van der Waals surface area contributed by atoms with E-state index >= 15 is 0 Å². The molecule has 0 spiro atoms. The third-order valence-corrected chi connectivity index (χ3v) is 4.28. The number of nitrogens with zero attached hydrogens (tertiary/aromatic N) is 4. The zero-order chi connectivity index (χ0) is 15.6. The Hall–Kier alpha value is -1.89. The lowest BCUT2D eigenvalue weighted by molar-refractivity contribution is -0.115. The standard InChI is InChI=1S/C14H19N5OS/c1-8-6-9(2)12(10(3)7-8)15-13(20)11(4)21-14-16-17-18-19(14)5/h6-7,11H,1-5H3,(H,15,20)/t11-/m1/s1. The van der Waals surface area contributed by atoms with Gasteiger partial charge in [-0.2, -0.15) is 0 Å². The zero-order valence-corrected chi connectivity index (χ0v) is 13.7. The van der Waals surface area contributed by atoms with Gasteiger partial charge in [-0.3, -0.25) is 4.79 Å². The van der Waals surface area contributed by atoms with Crippen molar-refractivity contribution in [1.29, 1.82) is 0 Å². The average Bonchev–Trinajstić information content (AvgIpc) is 2.79. The Bertz CT molecular complexity index is 644. The molecule has 1 N–H and O–H groups in total. The molecule has 0 fully saturated rings. The number of benzene rings is 1. The molecule has 0 aliphatic carbocycles. The summed E-state index contributed by atoms with van der Waals surface area (Å²) >= 11 is 1.33. The van der Waals surface area contributed by atoms with Crippen molar-refractivity contribution >= 4 is 23.4 Å². The number of carbonyl (C=O) groups is 1. The fourth-order valence-corrected chi connectivity index (χ4v) is 2.89. The maximum atomic E-state index is 12.3. The summed E-state index contributed by atoms with van der Waals surface area (Å²) in [6.07, 6.45) is 0. The van der Waals surface area contributed by atoms with Gasteiger partial charge in [0.1, 0.15) is 0 Å². The summed E-state index contributed by atoms with van der Waals surface area (Å²) in [5.41, 5.74) is 4.21. The fraction of sp³-hybridized carbons (Fsp3) is 0.429. The normalized spacial score (nSPS) is 12.2. The fourth-order valence-electron chi connectivity index (χ4n) is 2.13. The molecule has 1 heterocycles. The van der Waals surface area contributed by atoms with Crippen molar-refractivity contribution in [2.75, 3.05) is 5.32 Å². The SMILES string of the molecule is Cc1cc(C)c(NC(=O)[C@@H](C)Sc2nnnn2C)c(C)c1. The van der Waals surface area contributed by atoms with Crippen LogP contribution in [0.25, 0.3) is 0 Å². The minimum atomic E-state index is -0.283. The number of aromatic nitrogens is 4. The summed E-state index contributed by atoms with van der Waals surface area (Å²) in [6.45, 7) is 7.89. The van der Waals surface area contributed by atoms with E-state index in [0.717, 1.165) is 16.8 Å². The first-order chi connectivity index (χ1) is 9.88. The van der Waals surface area contributed by atoms with Crippen molar-refractivity contribution in [3.05, 3.63) is 28.8 Å². The first-order valence-corrected chi connectivity index (χ1v) is 7.54. The predicted octanol–water partition coefficient (Wildman–Crippen LogP) is 2.25. The Morgan fingerprint density at radius 1 is 1.29 bits per heavy atom. The van der Waals surface area contributed by atoms with Crippen LogP contribution >= 0.6 is 11.8 Å². The molecule has 0 bridgehead atoms. The Labute approximate surface area is 128 Å². The highest BCUT2D eigenvalue weighted by Crippen LogP contribution is 2.25. The van der Waals surface area contributed by atoms with E-state index in [1.165, 1.54) is 17.3 Å². The third-order valence-electron chi connectivity index (χ3n) is 3.16. The lowest BCUT2D eigenvalue weighted by Crippen LogP contribution is -2.23. The zero-order valence-electron chi connectivity index (χ0n) is 12.8. The van der Waals surface area contributed by atoms with Gasteiger partial charge in [-0.05, 0) is 49.2 Å². The van der Waals surface area contributed by atoms with E-state index < -0.39 is 0 Å². The van der Waals surface area contributed by atoms with Gasteiger partial charge in [0.25, 0.3) is 0 Å². The Morgan fingerprint density at radius 3 is 2.43 bits per heavy atom. The van der Waals surface area contributed by atoms with E-state index in [1.807, 2.05) is 27.7 Å². The van der Waals surface area contributed by atoms with Crippen molar-refractivity contribution in [3.63, 3.8) is 0 Å². The summed E-state index contributed by atoms with van der Waals surface area (Å²) in [5.74, 6) is -0.0574. The highest BCUT2D eigenvalue weighted by molar-refractivity contribution is 8.00. The van der Waals surface area contributed by atoms with Gasteiger partial charge in [0.2, 0.25) is 11.1 Å². The van der Waals surface area contributed by atoms with E-state index in [1.54, 1.807) is 11.7 Å². The van der Waals surface area contributed by atoms with Crippen molar-refractivity contribution in [2.24, 2.45) is 7.05 Å². The largest absolute Gasteiger partial charge is 0.325 e. The second-order valence-corrected chi connectivity index (χ2v) is 6.42. The molecule has 7 heteroatoms. The van der Waals surface area contributed by atoms with Gasteiger partial charge in [-0.25, -0.2) is 4.68 Å². The van der Waals surface area contributed by atoms with E-state index in [9.17, 15) is 4.79 Å². The molecule has 0 radical (unpaired) electrons. The number of aryl methyl sites for hydroxylation is 4. The first kappa shape index (κ1) is 15.5.